The third-order valence-electron chi connectivity index (χ3n) is 5.75. The number of hydrogen-bond acceptors (Lipinski definition) is 6. The molecule has 1 aromatic heterocycles. The van der Waals surface area contributed by atoms with Crippen molar-refractivity contribution in [3.05, 3.63) is 30.6 Å². The van der Waals surface area contributed by atoms with E-state index in [9.17, 15) is 22.8 Å². The van der Waals surface area contributed by atoms with Gasteiger partial charge in [-0.1, -0.05) is 19.9 Å². The van der Waals surface area contributed by atoms with Gasteiger partial charge < -0.3 is 10.0 Å². The molecule has 2 aliphatic heterocycles. The number of carboxylic acid groups (broad SMARTS) is 1. The molecule has 4 N–H and O–H groups in total. The van der Waals surface area contributed by atoms with E-state index in [1.54, 1.807) is 38.4 Å². The Morgan fingerprint density at radius 1 is 1.29 bits per heavy atom. The van der Waals surface area contributed by atoms with Crippen LogP contribution < -0.4 is 15.4 Å². The second-order valence-electron chi connectivity index (χ2n) is 8.09. The normalized spacial score (nSPS) is 23.6. The van der Waals surface area contributed by atoms with Gasteiger partial charge in [0.1, 0.15) is 5.54 Å². The minimum absolute atomic E-state index is 0.0439. The summed E-state index contributed by atoms with van der Waals surface area (Å²) in [6.45, 7) is 3.75. The third-order valence-corrected chi connectivity index (χ3v) is 6.10. The molecular formula is C17H24N5O8S+. The van der Waals surface area contributed by atoms with Crippen LogP contribution in [0.25, 0.3) is 0 Å². The van der Waals surface area contributed by atoms with Crippen molar-refractivity contribution in [3.8, 4) is 0 Å². The summed E-state index contributed by atoms with van der Waals surface area (Å²) >= 11 is 0. The van der Waals surface area contributed by atoms with Gasteiger partial charge in [0.15, 0.2) is 18.9 Å². The molecule has 2 bridgehead atoms. The quantitative estimate of drug-likeness (QED) is 0.255. The molecule has 1 aromatic rings. The Morgan fingerprint density at radius 3 is 2.52 bits per heavy atom. The van der Waals surface area contributed by atoms with Gasteiger partial charge in [-0.3, -0.25) is 14.8 Å². The van der Waals surface area contributed by atoms with Gasteiger partial charge in [-0.25, -0.2) is 19.6 Å². The zero-order chi connectivity index (χ0) is 23.0. The standard InChI is InChI=1S/C17H23N5O8S/c1-16(2,11-20-8-4-3-5-9-20)17(13(23)18-19-14(24)25)7-6-12-10-21(17)15(26)22(12)30-31(27,28)29/h3-5,8-9,12,19H,6-7,10-11H2,1-2H3,(H2-,18,23,24,25,27,28,29)/p+1/t12-,17-/m1/s1. The maximum atomic E-state index is 13.3. The van der Waals surface area contributed by atoms with Crippen LogP contribution in [0, 0.1) is 5.41 Å². The molecule has 0 unspecified atom stereocenters. The van der Waals surface area contributed by atoms with Gasteiger partial charge in [-0.15, -0.1) is 4.28 Å². The molecule has 170 valence electrons. The van der Waals surface area contributed by atoms with Crippen LogP contribution in [0.15, 0.2) is 30.6 Å². The van der Waals surface area contributed by atoms with Crippen LogP contribution in [-0.2, 0) is 26.0 Å². The highest BCUT2D eigenvalue weighted by Gasteiger charge is 2.65. The van der Waals surface area contributed by atoms with Crippen LogP contribution in [-0.4, -0.2) is 64.2 Å². The first-order valence-corrected chi connectivity index (χ1v) is 10.8. The fourth-order valence-corrected chi connectivity index (χ4v) is 4.85. The molecular weight excluding hydrogens is 434 g/mol. The van der Waals surface area contributed by atoms with Crippen molar-refractivity contribution < 1.29 is 41.3 Å². The highest BCUT2D eigenvalue weighted by Crippen LogP contribution is 2.47. The van der Waals surface area contributed by atoms with E-state index in [0.717, 1.165) is 0 Å². The van der Waals surface area contributed by atoms with Crippen LogP contribution in [0.5, 0.6) is 0 Å². The van der Waals surface area contributed by atoms with Gasteiger partial charge in [0.05, 0.1) is 11.5 Å². The third kappa shape index (κ3) is 4.26. The molecule has 3 heterocycles. The number of amides is 4. The van der Waals surface area contributed by atoms with Crippen molar-refractivity contribution in [3.63, 3.8) is 0 Å². The van der Waals surface area contributed by atoms with Crippen molar-refractivity contribution >= 4 is 28.4 Å². The van der Waals surface area contributed by atoms with E-state index in [1.165, 1.54) is 4.90 Å². The van der Waals surface area contributed by atoms with Crippen LogP contribution in [0.4, 0.5) is 9.59 Å². The lowest BCUT2D eigenvalue weighted by molar-refractivity contribution is -0.710. The zero-order valence-corrected chi connectivity index (χ0v) is 17.7. The van der Waals surface area contributed by atoms with Crippen molar-refractivity contribution in [2.75, 3.05) is 6.54 Å². The Bertz CT molecular complexity index is 985. The minimum Gasteiger partial charge on any atom is -0.464 e. The molecule has 0 saturated carbocycles. The topological polar surface area (TPSA) is 169 Å². The summed E-state index contributed by atoms with van der Waals surface area (Å²) in [6.07, 6.45) is 2.36. The smallest absolute Gasteiger partial charge is 0.423 e. The zero-order valence-electron chi connectivity index (χ0n) is 16.9. The Morgan fingerprint density at radius 2 is 1.94 bits per heavy atom. The lowest BCUT2D eigenvalue weighted by atomic mass is 9.66. The van der Waals surface area contributed by atoms with Crippen molar-refractivity contribution in [2.45, 2.75) is 44.8 Å². The van der Waals surface area contributed by atoms with Gasteiger partial charge in [-0.2, -0.15) is 13.5 Å². The number of rotatable bonds is 6. The Labute approximate surface area is 178 Å². The number of hydrazine groups is 1. The number of fused-ring (bicyclic) bond motifs is 2. The molecule has 31 heavy (non-hydrogen) atoms. The predicted molar refractivity (Wildman–Crippen MR) is 102 cm³/mol. The van der Waals surface area contributed by atoms with Crippen molar-refractivity contribution in [1.29, 1.82) is 0 Å². The molecule has 0 aliphatic carbocycles. The van der Waals surface area contributed by atoms with Gasteiger partial charge in [0.2, 0.25) is 0 Å². The average molecular weight is 458 g/mol. The summed E-state index contributed by atoms with van der Waals surface area (Å²) in [5, 5.41) is 9.44. The molecule has 0 radical (unpaired) electrons. The maximum absolute atomic E-state index is 13.3. The minimum atomic E-state index is -4.96. The average Bonchev–Trinajstić information content (AvgIpc) is 2.91. The Hall–Kier alpha value is -2.97. The first kappa shape index (κ1) is 22.7. The molecule has 0 spiro atoms. The molecule has 2 atom stereocenters. The first-order valence-electron chi connectivity index (χ1n) is 9.39. The summed E-state index contributed by atoms with van der Waals surface area (Å²) in [5.74, 6) is -0.767. The van der Waals surface area contributed by atoms with Crippen LogP contribution in [0.1, 0.15) is 26.7 Å². The second kappa shape index (κ2) is 7.94. The van der Waals surface area contributed by atoms with E-state index in [1.807, 2.05) is 16.1 Å². The molecule has 2 fully saturated rings. The fourth-order valence-electron chi connectivity index (χ4n) is 4.46. The molecule has 2 aliphatic rings. The highest BCUT2D eigenvalue weighted by atomic mass is 32.3. The number of aromatic nitrogens is 1. The fraction of sp³-hybridized carbons (Fsp3) is 0.529. The number of pyridine rings is 1. The predicted octanol–water partition coefficient (Wildman–Crippen LogP) is -0.328. The summed E-state index contributed by atoms with van der Waals surface area (Å²) in [5.41, 5.74) is 1.45. The van der Waals surface area contributed by atoms with Crippen molar-refractivity contribution in [2.24, 2.45) is 5.41 Å². The van der Waals surface area contributed by atoms with E-state index in [2.05, 4.69) is 9.71 Å². The Kier molecular flexibility index (Phi) is 5.82. The number of carbonyl (C=O) groups excluding carboxylic acids is 2. The SMILES string of the molecule is CC(C)(C[n+]1ccccc1)[C@]1(C(=O)NNC(=O)O)CC[C@@H]2CN1C(=O)N2OS(=O)(=O)O. The van der Waals surface area contributed by atoms with Gasteiger partial charge in [0, 0.05) is 18.7 Å². The van der Waals surface area contributed by atoms with E-state index in [0.29, 0.717) is 5.06 Å². The number of urea groups is 1. The monoisotopic (exact) mass is 458 g/mol. The van der Waals surface area contributed by atoms with Crippen LogP contribution in [0.3, 0.4) is 0 Å². The number of carbonyl (C=O) groups is 3. The lowest BCUT2D eigenvalue weighted by Gasteiger charge is -2.50. The van der Waals surface area contributed by atoms with Crippen LogP contribution >= 0.6 is 0 Å². The highest BCUT2D eigenvalue weighted by molar-refractivity contribution is 7.80. The number of nitrogens with one attached hydrogen (secondary N) is 2. The second-order valence-corrected chi connectivity index (χ2v) is 9.09. The van der Waals surface area contributed by atoms with Crippen LogP contribution in [0.2, 0.25) is 0 Å². The van der Waals surface area contributed by atoms with Gasteiger partial charge >= 0.3 is 22.5 Å². The summed E-state index contributed by atoms with van der Waals surface area (Å²) in [4.78, 5) is 38.5. The number of hydrogen-bond donors (Lipinski definition) is 4. The van der Waals surface area contributed by atoms with Crippen molar-refractivity contribution in [1.82, 2.24) is 20.8 Å². The molecule has 14 heteroatoms. The van der Waals surface area contributed by atoms with E-state index < -0.39 is 45.4 Å². The summed E-state index contributed by atoms with van der Waals surface area (Å²) < 4.78 is 37.7. The number of nitrogens with zero attached hydrogens (tertiary/aromatic N) is 3. The molecule has 0 aromatic carbocycles. The molecule has 3 rings (SSSR count). The van der Waals surface area contributed by atoms with Gasteiger partial charge in [-0.05, 0) is 12.8 Å². The van der Waals surface area contributed by atoms with E-state index >= 15 is 0 Å². The Balaban J connectivity index is 2.02. The number of hydroxylamine groups is 2. The first-order chi connectivity index (χ1) is 14.4. The number of piperidine rings is 1. The lowest BCUT2D eigenvalue weighted by Crippen LogP contribution is -2.71. The summed E-state index contributed by atoms with van der Waals surface area (Å²) in [6, 6.07) is 3.80. The largest absolute Gasteiger partial charge is 0.464 e. The van der Waals surface area contributed by atoms with E-state index in [4.69, 9.17) is 9.66 Å². The molecule has 4 amide bonds. The van der Waals surface area contributed by atoms with E-state index in [-0.39, 0.29) is 25.9 Å². The molecule has 13 nitrogen and oxygen atoms in total. The maximum Gasteiger partial charge on any atom is 0.423 e. The molecule has 2 saturated heterocycles. The van der Waals surface area contributed by atoms with Gasteiger partial charge in [0.25, 0.3) is 5.91 Å². The summed E-state index contributed by atoms with van der Waals surface area (Å²) in [7, 11) is -4.96.